The standard InChI is InChI=1S/C19H14BrCl2N5O8S2/c1-8(20)18(28)23-10-3-4-13(16(5-10)37(33,34)35)24-25-17-9(2)26-27(19(17)29)14-6-12(22)15(7-11(14)21)36(30,31)32/h3-7,26H,1H2,2H3,(H,23,28)(H,30,31,32)(H,33,34,35). The van der Waals surface area contributed by atoms with Gasteiger partial charge in [-0.05, 0) is 53.2 Å². The molecular formula is C19H14BrCl2N5O8S2. The Morgan fingerprint density at radius 3 is 2.24 bits per heavy atom. The molecule has 0 saturated heterocycles. The van der Waals surface area contributed by atoms with Crippen LogP contribution in [0.4, 0.5) is 17.1 Å². The number of aromatic amines is 1. The Morgan fingerprint density at radius 2 is 1.68 bits per heavy atom. The van der Waals surface area contributed by atoms with E-state index in [4.69, 9.17) is 23.2 Å². The molecule has 1 aromatic heterocycles. The summed E-state index contributed by atoms with van der Waals surface area (Å²) >= 11 is 14.9. The topological polar surface area (TPSA) is 200 Å². The summed E-state index contributed by atoms with van der Waals surface area (Å²) in [6, 6.07) is 5.21. The normalized spacial score (nSPS) is 12.2. The van der Waals surface area contributed by atoms with Crippen LogP contribution >= 0.6 is 39.1 Å². The van der Waals surface area contributed by atoms with Crippen LogP contribution in [-0.4, -0.2) is 41.6 Å². The van der Waals surface area contributed by atoms with E-state index in [0.717, 1.165) is 28.9 Å². The first kappa shape index (κ1) is 28.7. The maximum absolute atomic E-state index is 13.0. The van der Waals surface area contributed by atoms with Crippen molar-refractivity contribution in [1.29, 1.82) is 0 Å². The van der Waals surface area contributed by atoms with Gasteiger partial charge < -0.3 is 5.32 Å². The van der Waals surface area contributed by atoms with Gasteiger partial charge >= 0.3 is 0 Å². The van der Waals surface area contributed by atoms with E-state index in [0.29, 0.717) is 0 Å². The Kier molecular flexibility index (Phi) is 8.13. The van der Waals surface area contributed by atoms with Crippen LogP contribution in [-0.2, 0) is 25.0 Å². The number of hydrogen-bond donors (Lipinski definition) is 4. The molecule has 1 amide bonds. The van der Waals surface area contributed by atoms with Crippen molar-refractivity contribution in [2.24, 2.45) is 10.2 Å². The van der Waals surface area contributed by atoms with E-state index in [-0.39, 0.29) is 37.9 Å². The highest BCUT2D eigenvalue weighted by Gasteiger charge is 2.22. The van der Waals surface area contributed by atoms with Gasteiger partial charge in [0.2, 0.25) is 0 Å². The minimum atomic E-state index is -4.83. The average Bonchev–Trinajstić information content (AvgIpc) is 3.05. The average molecular weight is 655 g/mol. The van der Waals surface area contributed by atoms with Crippen molar-refractivity contribution in [3.63, 3.8) is 0 Å². The van der Waals surface area contributed by atoms with Gasteiger partial charge in [0.05, 0.1) is 25.9 Å². The van der Waals surface area contributed by atoms with Crippen LogP contribution in [0.1, 0.15) is 5.69 Å². The number of anilines is 1. The number of benzene rings is 2. The van der Waals surface area contributed by atoms with Gasteiger partial charge in [0.25, 0.3) is 31.7 Å². The monoisotopic (exact) mass is 653 g/mol. The number of aromatic nitrogens is 2. The second-order valence-electron chi connectivity index (χ2n) is 7.15. The number of nitrogens with zero attached hydrogens (tertiary/aromatic N) is 3. The largest absolute Gasteiger partial charge is 0.322 e. The molecular weight excluding hydrogens is 641 g/mol. The van der Waals surface area contributed by atoms with Crippen LogP contribution in [0, 0.1) is 6.92 Å². The molecule has 0 radical (unpaired) electrons. The van der Waals surface area contributed by atoms with E-state index < -0.39 is 46.5 Å². The number of amides is 1. The molecule has 37 heavy (non-hydrogen) atoms. The highest BCUT2D eigenvalue weighted by atomic mass is 79.9. The van der Waals surface area contributed by atoms with Crippen molar-refractivity contribution >= 4 is 82.3 Å². The molecule has 18 heteroatoms. The molecule has 3 aromatic rings. The summed E-state index contributed by atoms with van der Waals surface area (Å²) in [5.41, 5.74) is -1.42. The van der Waals surface area contributed by atoms with Crippen molar-refractivity contribution in [3.8, 4) is 5.69 Å². The van der Waals surface area contributed by atoms with Crippen LogP contribution in [0.15, 0.2) is 66.2 Å². The molecule has 2 aromatic carbocycles. The molecule has 196 valence electrons. The van der Waals surface area contributed by atoms with Crippen molar-refractivity contribution in [2.75, 3.05) is 5.32 Å². The smallest absolute Gasteiger partial charge is 0.299 e. The number of azo groups is 1. The molecule has 0 fully saturated rings. The number of nitrogens with one attached hydrogen (secondary N) is 2. The van der Waals surface area contributed by atoms with Gasteiger partial charge in [0, 0.05) is 5.69 Å². The summed E-state index contributed by atoms with van der Waals surface area (Å²) in [7, 11) is -9.52. The molecule has 1 heterocycles. The number of rotatable bonds is 7. The number of halogens is 3. The maximum Gasteiger partial charge on any atom is 0.299 e. The second-order valence-corrected chi connectivity index (χ2v) is 11.7. The van der Waals surface area contributed by atoms with E-state index in [9.17, 15) is 35.5 Å². The number of H-pyrrole nitrogens is 1. The lowest BCUT2D eigenvalue weighted by Crippen LogP contribution is -2.15. The highest BCUT2D eigenvalue weighted by molar-refractivity contribution is 9.12. The third kappa shape index (κ3) is 6.35. The van der Waals surface area contributed by atoms with Crippen LogP contribution in [0.3, 0.4) is 0 Å². The van der Waals surface area contributed by atoms with Gasteiger partial charge in [-0.15, -0.1) is 10.2 Å². The van der Waals surface area contributed by atoms with Gasteiger partial charge in [-0.2, -0.15) is 16.8 Å². The Bertz CT molecular complexity index is 1770. The Hall–Kier alpha value is -2.86. The lowest BCUT2D eigenvalue weighted by molar-refractivity contribution is -0.112. The third-order valence-electron chi connectivity index (χ3n) is 4.56. The summed E-state index contributed by atoms with van der Waals surface area (Å²) in [5.74, 6) is -0.664. The van der Waals surface area contributed by atoms with Crippen LogP contribution in [0.2, 0.25) is 10.0 Å². The summed E-state index contributed by atoms with van der Waals surface area (Å²) < 4.78 is 66.3. The highest BCUT2D eigenvalue weighted by Crippen LogP contribution is 2.32. The molecule has 0 aliphatic heterocycles. The number of carbonyl (C=O) groups is 1. The van der Waals surface area contributed by atoms with E-state index >= 15 is 0 Å². The Morgan fingerprint density at radius 1 is 1.05 bits per heavy atom. The molecule has 13 nitrogen and oxygen atoms in total. The summed E-state index contributed by atoms with van der Waals surface area (Å²) in [4.78, 5) is 23.3. The van der Waals surface area contributed by atoms with Crippen LogP contribution in [0.25, 0.3) is 5.69 Å². The molecule has 0 unspecified atom stereocenters. The fourth-order valence-electron chi connectivity index (χ4n) is 2.90. The second kappa shape index (κ2) is 10.5. The summed E-state index contributed by atoms with van der Waals surface area (Å²) in [6.45, 7) is 4.82. The molecule has 0 saturated carbocycles. The maximum atomic E-state index is 13.0. The Balaban J connectivity index is 2.07. The first-order chi connectivity index (χ1) is 17.0. The SMILES string of the molecule is C=C(Br)C(=O)Nc1ccc(N=Nc2c(C)[nH]n(-c3cc(Cl)c(S(=O)(=O)O)cc3Cl)c2=O)c(S(=O)(=O)O)c1. The predicted molar refractivity (Wildman–Crippen MR) is 138 cm³/mol. The van der Waals surface area contributed by atoms with Gasteiger partial charge in [0.15, 0.2) is 5.69 Å². The minimum absolute atomic E-state index is 0.00258. The number of carbonyl (C=O) groups excluding carboxylic acids is 1. The van der Waals surface area contributed by atoms with Crippen LogP contribution in [0.5, 0.6) is 0 Å². The molecule has 0 aliphatic carbocycles. The first-order valence-electron chi connectivity index (χ1n) is 9.48. The molecule has 0 aliphatic rings. The van der Waals surface area contributed by atoms with E-state index in [1.807, 2.05) is 0 Å². The predicted octanol–water partition coefficient (Wildman–Crippen LogP) is 4.54. The van der Waals surface area contributed by atoms with E-state index in [1.54, 1.807) is 0 Å². The van der Waals surface area contributed by atoms with Crippen LogP contribution < -0.4 is 10.9 Å². The first-order valence-corrected chi connectivity index (χ1v) is 13.9. The van der Waals surface area contributed by atoms with Gasteiger partial charge in [-0.1, -0.05) is 29.8 Å². The lowest BCUT2D eigenvalue weighted by atomic mass is 10.3. The van der Waals surface area contributed by atoms with Gasteiger partial charge in [0.1, 0.15) is 15.5 Å². The number of aryl methyl sites for hydroxylation is 1. The van der Waals surface area contributed by atoms with Gasteiger partial charge in [-0.25, -0.2) is 4.68 Å². The summed E-state index contributed by atoms with van der Waals surface area (Å²) in [6.07, 6.45) is 0. The zero-order valence-electron chi connectivity index (χ0n) is 18.2. The van der Waals surface area contributed by atoms with Crippen molar-refractivity contribution in [3.05, 3.63) is 67.5 Å². The third-order valence-corrected chi connectivity index (χ3v) is 7.42. The van der Waals surface area contributed by atoms with Crippen molar-refractivity contribution in [1.82, 2.24) is 9.78 Å². The van der Waals surface area contributed by atoms with E-state index in [2.05, 4.69) is 43.2 Å². The Labute approximate surface area is 227 Å². The summed E-state index contributed by atoms with van der Waals surface area (Å²) in [5, 5.41) is 11.9. The lowest BCUT2D eigenvalue weighted by Gasteiger charge is -2.08. The quantitative estimate of drug-likeness (QED) is 0.161. The van der Waals surface area contributed by atoms with Crippen molar-refractivity contribution in [2.45, 2.75) is 16.7 Å². The van der Waals surface area contributed by atoms with Crippen molar-refractivity contribution < 1.29 is 30.7 Å². The fraction of sp³-hybridized carbons (Fsp3) is 0.0526. The molecule has 0 spiro atoms. The molecule has 4 N–H and O–H groups in total. The molecule has 0 atom stereocenters. The zero-order chi connectivity index (χ0) is 27.9. The fourth-order valence-corrected chi connectivity index (χ4v) is 4.98. The minimum Gasteiger partial charge on any atom is -0.322 e. The molecule has 3 rings (SSSR count). The van der Waals surface area contributed by atoms with Gasteiger partial charge in [-0.3, -0.25) is 23.8 Å². The molecule has 0 bridgehead atoms. The number of hydrogen-bond acceptors (Lipinski definition) is 8. The zero-order valence-corrected chi connectivity index (χ0v) is 23.0. The van der Waals surface area contributed by atoms with E-state index in [1.165, 1.54) is 13.0 Å².